The standard InChI is InChI=1S/C21H26Cl2N4O/c1-13-6-7-21(20(13)24)8-10-26(11-9-21)17-12-18(28)27(14(2)25-17)16-5-3-4-15(22)19(16)23/h3-5,12-13,20H,6-11,24H2,1-2H3/t13-,20-/m0/s1. The van der Waals surface area contributed by atoms with Crippen molar-refractivity contribution in [1.29, 1.82) is 0 Å². The maximum atomic E-state index is 12.9. The first-order valence-electron chi connectivity index (χ1n) is 9.88. The number of benzene rings is 1. The summed E-state index contributed by atoms with van der Waals surface area (Å²) in [5, 5.41) is 0.770. The average molecular weight is 421 g/mol. The van der Waals surface area contributed by atoms with Crippen LogP contribution in [0.1, 0.15) is 38.4 Å². The first-order valence-corrected chi connectivity index (χ1v) is 10.6. The van der Waals surface area contributed by atoms with Gasteiger partial charge in [-0.3, -0.25) is 9.36 Å². The molecule has 1 spiro atoms. The zero-order chi connectivity index (χ0) is 20.1. The Morgan fingerprint density at radius 1 is 1.21 bits per heavy atom. The lowest BCUT2D eigenvalue weighted by Gasteiger charge is -2.43. The molecule has 1 saturated heterocycles. The maximum absolute atomic E-state index is 12.9. The highest BCUT2D eigenvalue weighted by Crippen LogP contribution is 2.48. The van der Waals surface area contributed by atoms with E-state index in [-0.39, 0.29) is 17.0 Å². The van der Waals surface area contributed by atoms with E-state index in [0.29, 0.717) is 27.5 Å². The summed E-state index contributed by atoms with van der Waals surface area (Å²) in [5.41, 5.74) is 7.18. The Morgan fingerprint density at radius 2 is 1.93 bits per heavy atom. The highest BCUT2D eigenvalue weighted by Gasteiger charge is 2.46. The molecule has 1 aromatic carbocycles. The lowest BCUT2D eigenvalue weighted by Crippen LogP contribution is -2.48. The summed E-state index contributed by atoms with van der Waals surface area (Å²) in [6.07, 6.45) is 4.55. The van der Waals surface area contributed by atoms with Crippen molar-refractivity contribution in [2.75, 3.05) is 18.0 Å². The van der Waals surface area contributed by atoms with E-state index in [1.54, 1.807) is 24.3 Å². The van der Waals surface area contributed by atoms with Gasteiger partial charge in [0.25, 0.3) is 5.56 Å². The van der Waals surface area contributed by atoms with Crippen LogP contribution in [-0.2, 0) is 0 Å². The molecule has 2 aromatic rings. The molecule has 1 saturated carbocycles. The van der Waals surface area contributed by atoms with Crippen LogP contribution in [0, 0.1) is 18.3 Å². The molecule has 1 aliphatic carbocycles. The molecule has 2 atom stereocenters. The Bertz CT molecular complexity index is 950. The molecule has 150 valence electrons. The molecular weight excluding hydrogens is 395 g/mol. The molecule has 2 fully saturated rings. The van der Waals surface area contributed by atoms with E-state index in [1.807, 2.05) is 6.92 Å². The number of halogens is 2. The van der Waals surface area contributed by atoms with Gasteiger partial charge < -0.3 is 10.6 Å². The summed E-state index contributed by atoms with van der Waals surface area (Å²) >= 11 is 12.4. The topological polar surface area (TPSA) is 64.2 Å². The van der Waals surface area contributed by atoms with Crippen molar-refractivity contribution in [2.24, 2.45) is 17.1 Å². The second kappa shape index (κ2) is 7.36. The van der Waals surface area contributed by atoms with E-state index in [1.165, 1.54) is 17.4 Å². The van der Waals surface area contributed by atoms with Gasteiger partial charge in [-0.1, -0.05) is 36.2 Å². The minimum Gasteiger partial charge on any atom is -0.356 e. The van der Waals surface area contributed by atoms with Crippen molar-refractivity contribution >= 4 is 29.0 Å². The highest BCUT2D eigenvalue weighted by molar-refractivity contribution is 6.43. The second-order valence-electron chi connectivity index (χ2n) is 8.30. The zero-order valence-electron chi connectivity index (χ0n) is 16.3. The van der Waals surface area contributed by atoms with Crippen LogP contribution in [-0.4, -0.2) is 28.7 Å². The van der Waals surface area contributed by atoms with Crippen LogP contribution in [0.15, 0.2) is 29.1 Å². The molecular formula is C21H26Cl2N4O. The summed E-state index contributed by atoms with van der Waals surface area (Å²) in [5.74, 6) is 1.92. The summed E-state index contributed by atoms with van der Waals surface area (Å²) in [6, 6.07) is 7.13. The van der Waals surface area contributed by atoms with E-state index in [9.17, 15) is 4.79 Å². The van der Waals surface area contributed by atoms with E-state index in [0.717, 1.165) is 31.7 Å². The van der Waals surface area contributed by atoms with Crippen LogP contribution in [0.2, 0.25) is 10.0 Å². The fraction of sp³-hybridized carbons (Fsp3) is 0.524. The lowest BCUT2D eigenvalue weighted by molar-refractivity contribution is 0.186. The minimum atomic E-state index is -0.154. The number of hydrogen-bond donors (Lipinski definition) is 1. The van der Waals surface area contributed by atoms with E-state index in [4.69, 9.17) is 33.9 Å². The number of rotatable bonds is 2. The van der Waals surface area contributed by atoms with Gasteiger partial charge in [-0.15, -0.1) is 0 Å². The third-order valence-corrected chi connectivity index (χ3v) is 7.55. The van der Waals surface area contributed by atoms with E-state index < -0.39 is 0 Å². The molecule has 1 aliphatic heterocycles. The number of nitrogens with two attached hydrogens (primary N) is 1. The Labute approximate surface area is 175 Å². The quantitative estimate of drug-likeness (QED) is 0.790. The summed E-state index contributed by atoms with van der Waals surface area (Å²) in [4.78, 5) is 19.8. The van der Waals surface area contributed by atoms with Gasteiger partial charge in [0.1, 0.15) is 11.6 Å². The third-order valence-electron chi connectivity index (χ3n) is 6.75. The summed E-state index contributed by atoms with van der Waals surface area (Å²) in [6.45, 7) is 5.85. The lowest BCUT2D eigenvalue weighted by atomic mass is 9.73. The largest absolute Gasteiger partial charge is 0.356 e. The van der Waals surface area contributed by atoms with Crippen molar-refractivity contribution in [3.8, 4) is 5.69 Å². The van der Waals surface area contributed by atoms with Gasteiger partial charge in [0.2, 0.25) is 0 Å². The average Bonchev–Trinajstić information content (AvgIpc) is 2.94. The number of hydrogen-bond acceptors (Lipinski definition) is 4. The van der Waals surface area contributed by atoms with Gasteiger partial charge >= 0.3 is 0 Å². The van der Waals surface area contributed by atoms with Crippen LogP contribution in [0.5, 0.6) is 0 Å². The molecule has 0 unspecified atom stereocenters. The molecule has 0 radical (unpaired) electrons. The Morgan fingerprint density at radius 3 is 2.54 bits per heavy atom. The summed E-state index contributed by atoms with van der Waals surface area (Å²) < 4.78 is 1.51. The number of nitrogens with zero attached hydrogens (tertiary/aromatic N) is 3. The number of anilines is 1. The van der Waals surface area contributed by atoms with Crippen LogP contribution in [0.4, 0.5) is 5.82 Å². The predicted octanol–water partition coefficient (Wildman–Crippen LogP) is 4.19. The van der Waals surface area contributed by atoms with Crippen LogP contribution < -0.4 is 16.2 Å². The fourth-order valence-corrected chi connectivity index (χ4v) is 5.31. The predicted molar refractivity (Wildman–Crippen MR) is 115 cm³/mol. The van der Waals surface area contributed by atoms with Gasteiger partial charge in [-0.05, 0) is 56.1 Å². The molecule has 0 amide bonds. The number of aromatic nitrogens is 2. The van der Waals surface area contributed by atoms with Gasteiger partial charge in [-0.2, -0.15) is 0 Å². The summed E-state index contributed by atoms with van der Waals surface area (Å²) in [7, 11) is 0. The van der Waals surface area contributed by atoms with Crippen molar-refractivity contribution in [3.63, 3.8) is 0 Å². The Balaban J connectivity index is 1.60. The first kappa shape index (κ1) is 19.7. The van der Waals surface area contributed by atoms with Gasteiger partial charge in [0.05, 0.1) is 15.7 Å². The normalized spacial score (nSPS) is 24.1. The van der Waals surface area contributed by atoms with Crippen molar-refractivity contribution in [1.82, 2.24) is 9.55 Å². The SMILES string of the molecule is Cc1nc(N2CCC3(CC[C@H](C)[C@@H]3N)CC2)cc(=O)n1-c1cccc(Cl)c1Cl. The molecule has 4 rings (SSSR count). The van der Waals surface area contributed by atoms with Crippen LogP contribution in [0.3, 0.4) is 0 Å². The molecule has 2 aliphatic rings. The molecule has 2 N–H and O–H groups in total. The van der Waals surface area contributed by atoms with Gasteiger partial charge in [0.15, 0.2) is 0 Å². The Hall–Kier alpha value is -1.56. The number of aryl methyl sites for hydroxylation is 1. The first-order chi connectivity index (χ1) is 13.3. The number of piperidine rings is 1. The molecule has 28 heavy (non-hydrogen) atoms. The minimum absolute atomic E-state index is 0.154. The third kappa shape index (κ3) is 3.23. The molecule has 7 heteroatoms. The van der Waals surface area contributed by atoms with Crippen molar-refractivity contribution < 1.29 is 0 Å². The van der Waals surface area contributed by atoms with E-state index in [2.05, 4.69) is 11.8 Å². The molecule has 1 aromatic heterocycles. The monoisotopic (exact) mass is 420 g/mol. The van der Waals surface area contributed by atoms with Crippen LogP contribution >= 0.6 is 23.2 Å². The van der Waals surface area contributed by atoms with Crippen LogP contribution in [0.25, 0.3) is 5.69 Å². The van der Waals surface area contributed by atoms with Gasteiger partial charge in [0, 0.05) is 25.2 Å². The molecule has 2 heterocycles. The van der Waals surface area contributed by atoms with Gasteiger partial charge in [-0.25, -0.2) is 4.98 Å². The smallest absolute Gasteiger partial charge is 0.260 e. The zero-order valence-corrected chi connectivity index (χ0v) is 17.8. The van der Waals surface area contributed by atoms with Crippen molar-refractivity contribution in [3.05, 3.63) is 50.5 Å². The van der Waals surface area contributed by atoms with E-state index >= 15 is 0 Å². The second-order valence-corrected chi connectivity index (χ2v) is 9.08. The molecule has 0 bridgehead atoms. The molecule has 5 nitrogen and oxygen atoms in total. The highest BCUT2D eigenvalue weighted by atomic mass is 35.5. The maximum Gasteiger partial charge on any atom is 0.260 e. The fourth-order valence-electron chi connectivity index (χ4n) is 4.93. The Kier molecular flexibility index (Phi) is 5.19. The van der Waals surface area contributed by atoms with Crippen molar-refractivity contribution in [2.45, 2.75) is 45.6 Å².